The lowest BCUT2D eigenvalue weighted by Gasteiger charge is -2.23. The Morgan fingerprint density at radius 3 is 2.70 bits per heavy atom. The molecule has 1 atom stereocenters. The van der Waals surface area contributed by atoms with Gasteiger partial charge in [-0.25, -0.2) is 4.79 Å². The summed E-state index contributed by atoms with van der Waals surface area (Å²) in [4.78, 5) is 26.2. The maximum absolute atomic E-state index is 12.8. The highest BCUT2D eigenvalue weighted by Crippen LogP contribution is 2.34. The van der Waals surface area contributed by atoms with Crippen molar-refractivity contribution in [2.45, 2.75) is 39.3 Å². The van der Waals surface area contributed by atoms with Gasteiger partial charge in [0.05, 0.1) is 5.69 Å². The molecule has 1 aromatic carbocycles. The fraction of sp³-hybridized carbons (Fsp3) is 0.444. The molecular formula is C18H22N4O5. The number of nitrogens with one attached hydrogen (secondary N) is 1. The number of alkyl carbamates (subject to hydrolysis) is 1. The van der Waals surface area contributed by atoms with Gasteiger partial charge in [0.2, 0.25) is 11.8 Å². The third-order valence-corrected chi connectivity index (χ3v) is 3.82. The van der Waals surface area contributed by atoms with Crippen molar-refractivity contribution in [1.29, 1.82) is 0 Å². The van der Waals surface area contributed by atoms with Crippen LogP contribution in [0.4, 0.5) is 10.5 Å². The van der Waals surface area contributed by atoms with Crippen LogP contribution in [-0.2, 0) is 9.53 Å². The van der Waals surface area contributed by atoms with Crippen molar-refractivity contribution in [3.63, 3.8) is 0 Å². The number of aromatic nitrogens is 2. The Kier molecular flexibility index (Phi) is 4.77. The highest BCUT2D eigenvalue weighted by atomic mass is 16.6. The van der Waals surface area contributed by atoms with Gasteiger partial charge >= 0.3 is 6.09 Å². The van der Waals surface area contributed by atoms with E-state index in [4.69, 9.17) is 13.9 Å². The molecule has 27 heavy (non-hydrogen) atoms. The van der Waals surface area contributed by atoms with Crippen LogP contribution in [0.1, 0.15) is 26.7 Å². The molecule has 2 amide bonds. The van der Waals surface area contributed by atoms with Crippen LogP contribution >= 0.6 is 0 Å². The second kappa shape index (κ2) is 6.90. The number of aryl methyl sites for hydroxylation is 1. The summed E-state index contributed by atoms with van der Waals surface area (Å²) in [6, 6.07) is 4.36. The number of fused-ring (bicyclic) bond motifs is 1. The van der Waals surface area contributed by atoms with Gasteiger partial charge < -0.3 is 24.1 Å². The standard InChI is InChI=1S/C18H22N4O5/c1-10-20-21-15(26-10)11-6-7-14-13(8-11)22(5)16(23)12(9-25-14)19-17(24)27-18(2,3)4/h6-8,12H,9H2,1-5H3,(H,19,24). The molecule has 0 saturated carbocycles. The molecule has 1 aromatic heterocycles. The number of anilines is 1. The lowest BCUT2D eigenvalue weighted by Crippen LogP contribution is -2.50. The molecule has 9 heteroatoms. The Morgan fingerprint density at radius 2 is 2.07 bits per heavy atom. The molecule has 2 aromatic rings. The highest BCUT2D eigenvalue weighted by Gasteiger charge is 2.32. The summed E-state index contributed by atoms with van der Waals surface area (Å²) in [6.45, 7) is 6.95. The molecule has 0 bridgehead atoms. The molecule has 9 nitrogen and oxygen atoms in total. The van der Waals surface area contributed by atoms with Crippen molar-refractivity contribution < 1.29 is 23.5 Å². The zero-order valence-corrected chi connectivity index (χ0v) is 15.9. The third-order valence-electron chi connectivity index (χ3n) is 3.82. The summed E-state index contributed by atoms with van der Waals surface area (Å²) in [5, 5.41) is 10.4. The van der Waals surface area contributed by atoms with Crippen molar-refractivity contribution in [1.82, 2.24) is 15.5 Å². The maximum Gasteiger partial charge on any atom is 0.408 e. The minimum atomic E-state index is -0.869. The molecule has 1 N–H and O–H groups in total. The van der Waals surface area contributed by atoms with E-state index in [2.05, 4.69) is 15.5 Å². The molecule has 144 valence electrons. The largest absolute Gasteiger partial charge is 0.489 e. The van der Waals surface area contributed by atoms with Crippen molar-refractivity contribution in [3.8, 4) is 17.2 Å². The van der Waals surface area contributed by atoms with E-state index in [1.807, 2.05) is 0 Å². The van der Waals surface area contributed by atoms with Crippen molar-refractivity contribution in [3.05, 3.63) is 24.1 Å². The molecule has 3 rings (SSSR count). The van der Waals surface area contributed by atoms with E-state index in [1.54, 1.807) is 52.9 Å². The van der Waals surface area contributed by atoms with E-state index >= 15 is 0 Å². The predicted molar refractivity (Wildman–Crippen MR) is 96.5 cm³/mol. The molecular weight excluding hydrogens is 352 g/mol. The number of hydrogen-bond donors (Lipinski definition) is 1. The van der Waals surface area contributed by atoms with Gasteiger partial charge in [0.25, 0.3) is 5.91 Å². The predicted octanol–water partition coefficient (Wildman–Crippen LogP) is 2.29. The summed E-state index contributed by atoms with van der Waals surface area (Å²) >= 11 is 0. The van der Waals surface area contributed by atoms with Gasteiger partial charge in [0, 0.05) is 19.5 Å². The number of nitrogens with zero attached hydrogens (tertiary/aromatic N) is 3. The number of amides is 2. The van der Waals surface area contributed by atoms with Crippen LogP contribution in [0.5, 0.6) is 5.75 Å². The number of benzene rings is 1. The zero-order chi connectivity index (χ0) is 19.8. The molecule has 0 fully saturated rings. The summed E-state index contributed by atoms with van der Waals surface area (Å²) in [7, 11) is 1.61. The van der Waals surface area contributed by atoms with Crippen LogP contribution in [0.25, 0.3) is 11.5 Å². The molecule has 1 aliphatic heterocycles. The Labute approximate surface area is 156 Å². The lowest BCUT2D eigenvalue weighted by molar-refractivity contribution is -0.120. The molecule has 0 radical (unpaired) electrons. The average Bonchev–Trinajstić information content (AvgIpc) is 2.97. The first-order chi connectivity index (χ1) is 12.6. The van der Waals surface area contributed by atoms with Crippen molar-refractivity contribution in [2.75, 3.05) is 18.6 Å². The van der Waals surface area contributed by atoms with Crippen LogP contribution in [-0.4, -0.2) is 47.5 Å². The fourth-order valence-electron chi connectivity index (χ4n) is 2.60. The van der Waals surface area contributed by atoms with Gasteiger partial charge in [-0.2, -0.15) is 0 Å². The van der Waals surface area contributed by atoms with E-state index < -0.39 is 17.7 Å². The van der Waals surface area contributed by atoms with Gasteiger partial charge in [-0.3, -0.25) is 4.79 Å². The van der Waals surface area contributed by atoms with Crippen LogP contribution in [0.15, 0.2) is 22.6 Å². The summed E-state index contributed by atoms with van der Waals surface area (Å²) < 4.78 is 16.4. The van der Waals surface area contributed by atoms with E-state index in [-0.39, 0.29) is 12.5 Å². The molecule has 0 aliphatic carbocycles. The second-order valence-electron chi connectivity index (χ2n) is 7.22. The van der Waals surface area contributed by atoms with Crippen molar-refractivity contribution in [2.24, 2.45) is 0 Å². The van der Waals surface area contributed by atoms with Gasteiger partial charge in [0.1, 0.15) is 24.0 Å². The quantitative estimate of drug-likeness (QED) is 0.859. The Morgan fingerprint density at radius 1 is 1.33 bits per heavy atom. The third kappa shape index (κ3) is 4.18. The number of carbonyl (C=O) groups is 2. The first-order valence-electron chi connectivity index (χ1n) is 8.48. The van der Waals surface area contributed by atoms with Crippen molar-refractivity contribution >= 4 is 17.7 Å². The van der Waals surface area contributed by atoms with Crippen LogP contribution < -0.4 is 15.0 Å². The number of ether oxygens (including phenoxy) is 2. The maximum atomic E-state index is 12.8. The van der Waals surface area contributed by atoms with E-state index in [1.165, 1.54) is 4.90 Å². The lowest BCUT2D eigenvalue weighted by atomic mass is 10.1. The first-order valence-corrected chi connectivity index (χ1v) is 8.48. The van der Waals surface area contributed by atoms with E-state index in [9.17, 15) is 9.59 Å². The number of carbonyl (C=O) groups excluding carboxylic acids is 2. The molecule has 0 spiro atoms. The first kappa shape index (κ1) is 18.7. The topological polar surface area (TPSA) is 107 Å². The highest BCUT2D eigenvalue weighted by molar-refractivity contribution is 6.00. The van der Waals surface area contributed by atoms with Gasteiger partial charge in [-0.15, -0.1) is 10.2 Å². The number of likely N-dealkylation sites (N-methyl/N-ethyl adjacent to an activating group) is 1. The Hall–Kier alpha value is -3.10. The minimum absolute atomic E-state index is 0.00553. The van der Waals surface area contributed by atoms with Crippen LogP contribution in [0.3, 0.4) is 0 Å². The summed E-state index contributed by atoms with van der Waals surface area (Å²) in [6.07, 6.45) is -0.675. The van der Waals surface area contributed by atoms with Crippen LogP contribution in [0, 0.1) is 6.92 Å². The number of hydrogen-bond acceptors (Lipinski definition) is 7. The normalized spacial score (nSPS) is 17.0. The van der Waals surface area contributed by atoms with Gasteiger partial charge in [-0.05, 0) is 39.0 Å². The second-order valence-corrected chi connectivity index (χ2v) is 7.22. The summed E-state index contributed by atoms with van der Waals surface area (Å²) in [5.74, 6) is 0.990. The summed E-state index contributed by atoms with van der Waals surface area (Å²) in [5.41, 5.74) is 0.544. The minimum Gasteiger partial charge on any atom is -0.489 e. The smallest absolute Gasteiger partial charge is 0.408 e. The Balaban J connectivity index is 1.82. The van der Waals surface area contributed by atoms with E-state index in [0.29, 0.717) is 28.8 Å². The average molecular weight is 374 g/mol. The molecule has 1 aliphatic rings. The van der Waals surface area contributed by atoms with Gasteiger partial charge in [-0.1, -0.05) is 0 Å². The fourth-order valence-corrected chi connectivity index (χ4v) is 2.60. The van der Waals surface area contributed by atoms with E-state index in [0.717, 1.165) is 0 Å². The monoisotopic (exact) mass is 374 g/mol. The van der Waals surface area contributed by atoms with Gasteiger partial charge in [0.15, 0.2) is 0 Å². The Bertz CT molecular complexity index is 871. The van der Waals surface area contributed by atoms with Crippen LogP contribution in [0.2, 0.25) is 0 Å². The zero-order valence-electron chi connectivity index (χ0n) is 15.9. The molecule has 2 heterocycles. The molecule has 0 saturated heterocycles. The molecule has 1 unspecified atom stereocenters. The SMILES string of the molecule is Cc1nnc(-c2ccc3c(c2)N(C)C(=O)C(NC(=O)OC(C)(C)C)CO3)o1. The number of rotatable bonds is 2.